The highest BCUT2D eigenvalue weighted by Gasteiger charge is 2.51. The summed E-state index contributed by atoms with van der Waals surface area (Å²) in [4.78, 5) is 15.6. The van der Waals surface area contributed by atoms with Gasteiger partial charge in [0.05, 0.1) is 12.7 Å². The van der Waals surface area contributed by atoms with Gasteiger partial charge in [0.1, 0.15) is 48.8 Å². The minimum Gasteiger partial charge on any atom is -0.394 e. The topological polar surface area (TPSA) is 170 Å². The van der Waals surface area contributed by atoms with Gasteiger partial charge in [0.25, 0.3) is 0 Å². The number of anilines is 1. The molecule has 7 aliphatic heterocycles. The summed E-state index contributed by atoms with van der Waals surface area (Å²) in [5.41, 5.74) is 3.07. The molecule has 7 aliphatic rings. The molecule has 0 saturated carbocycles. The van der Waals surface area contributed by atoms with Crippen LogP contribution < -0.4 is 10.2 Å². The van der Waals surface area contributed by atoms with Gasteiger partial charge in [-0.1, -0.05) is 56.3 Å². The molecule has 4 bridgehead atoms. The Labute approximate surface area is 280 Å². The van der Waals surface area contributed by atoms with Crippen LogP contribution in [0.2, 0.25) is 0 Å². The molecule has 0 aliphatic carbocycles. The van der Waals surface area contributed by atoms with Crippen molar-refractivity contribution in [2.45, 2.75) is 107 Å². The molecule has 12 nitrogen and oxygen atoms in total. The van der Waals surface area contributed by atoms with Gasteiger partial charge in [-0.15, -0.1) is 0 Å². The van der Waals surface area contributed by atoms with E-state index in [0.717, 1.165) is 16.8 Å². The maximum absolute atomic E-state index is 13.4. The van der Waals surface area contributed by atoms with Crippen LogP contribution in [0.4, 0.5) is 5.69 Å². The number of rotatable bonds is 7. The highest BCUT2D eigenvalue weighted by atomic mass is 16.7. The average Bonchev–Trinajstić information content (AvgIpc) is 3.31. The van der Waals surface area contributed by atoms with E-state index in [0.29, 0.717) is 19.4 Å². The second-order valence-corrected chi connectivity index (χ2v) is 13.6. The lowest BCUT2D eigenvalue weighted by molar-refractivity contribution is -0.339. The van der Waals surface area contributed by atoms with Crippen LogP contribution in [-0.4, -0.2) is 119 Å². The van der Waals surface area contributed by atoms with Crippen LogP contribution in [0.5, 0.6) is 0 Å². The van der Waals surface area contributed by atoms with Crippen molar-refractivity contribution in [2.24, 2.45) is 0 Å². The number of carbonyl (C=O) groups is 1. The van der Waals surface area contributed by atoms with Crippen LogP contribution in [-0.2, 0) is 29.2 Å². The molecule has 1 amide bonds. The molecule has 6 N–H and O–H groups in total. The SMILES string of the molecule is C/C=C/C=C1/N(CCC(=O)NC[C@H]2O[C@@H]3OC4[C@@H](CO)O[C@H](CCCO[C@H]2[C@H](O)[C@H]3O)[C@H](O)[C@H]4O)c2ccc3ccccc3c2C1(C)C. The van der Waals surface area contributed by atoms with Gasteiger partial charge < -0.3 is 54.7 Å². The van der Waals surface area contributed by atoms with Gasteiger partial charge in [-0.2, -0.15) is 0 Å². The summed E-state index contributed by atoms with van der Waals surface area (Å²) in [6.45, 7) is 6.38. The fourth-order valence-corrected chi connectivity index (χ4v) is 7.60. The standard InChI is InChI=1S/C36H48N2O10/c1-4-5-12-26-36(2,3)28-21-10-7-6-9-20(21)13-14-22(28)38(26)16-15-27(40)37-18-24-33-31(43)32(44)35(47-24)48-34-25(19-39)46-23(11-8-17-45-33)29(41)30(34)42/h4-7,9-10,12-14,23-25,29-35,39,41-44H,8,11,15-19H2,1-3H3,(H,37,40)/b5-4+,26-12+/t23-,24-,25-,29+,30-,31-,32-,33-,34?,35-/m1/s1. The van der Waals surface area contributed by atoms with Crippen LogP contribution >= 0.6 is 0 Å². The number of amides is 1. The number of fused-ring (bicyclic) bond motifs is 3. The minimum absolute atomic E-state index is 0.0421. The maximum Gasteiger partial charge on any atom is 0.221 e. The number of carbonyl (C=O) groups excluding carboxylic acids is 1. The lowest BCUT2D eigenvalue weighted by Gasteiger charge is -2.46. The summed E-state index contributed by atoms with van der Waals surface area (Å²) in [6.07, 6.45) is -5.11. The molecule has 12 heteroatoms. The second-order valence-electron chi connectivity index (χ2n) is 13.6. The number of aliphatic hydroxyl groups is 5. The first-order chi connectivity index (χ1) is 23.1. The highest BCUT2D eigenvalue weighted by Crippen LogP contribution is 2.50. The zero-order valence-electron chi connectivity index (χ0n) is 27.6. The quantitative estimate of drug-likeness (QED) is 0.252. The van der Waals surface area contributed by atoms with Crippen molar-refractivity contribution in [1.82, 2.24) is 5.32 Å². The van der Waals surface area contributed by atoms with Crippen molar-refractivity contribution in [3.63, 3.8) is 0 Å². The van der Waals surface area contributed by atoms with Crippen molar-refractivity contribution >= 4 is 22.4 Å². The third-order valence-corrected chi connectivity index (χ3v) is 10.1. The molecular formula is C36H48N2O10. The number of allylic oxidation sites excluding steroid dienone is 4. The lowest BCUT2D eigenvalue weighted by atomic mass is 9.81. The number of nitrogens with zero attached hydrogens (tertiary/aromatic N) is 1. The number of hydrogen-bond acceptors (Lipinski definition) is 11. The first-order valence-electron chi connectivity index (χ1n) is 16.9. The molecule has 6 saturated heterocycles. The first-order valence-corrected chi connectivity index (χ1v) is 16.9. The number of aliphatic hydroxyl groups excluding tert-OH is 5. The number of hydrogen-bond donors (Lipinski definition) is 6. The van der Waals surface area contributed by atoms with Crippen molar-refractivity contribution in [3.8, 4) is 0 Å². The van der Waals surface area contributed by atoms with E-state index in [2.05, 4.69) is 54.4 Å². The fourth-order valence-electron chi connectivity index (χ4n) is 7.60. The third kappa shape index (κ3) is 6.53. The number of nitrogens with one attached hydrogen (secondary N) is 1. The molecule has 6 fully saturated rings. The third-order valence-electron chi connectivity index (χ3n) is 10.1. The van der Waals surface area contributed by atoms with E-state index < -0.39 is 67.8 Å². The zero-order chi connectivity index (χ0) is 34.2. The molecule has 262 valence electrons. The molecule has 2 aromatic rings. The summed E-state index contributed by atoms with van der Waals surface area (Å²) in [5.74, 6) is -0.239. The molecular weight excluding hydrogens is 620 g/mol. The highest BCUT2D eigenvalue weighted by molar-refractivity contribution is 5.95. The molecule has 0 radical (unpaired) electrons. The Kier molecular flexibility index (Phi) is 10.6. The van der Waals surface area contributed by atoms with Gasteiger partial charge >= 0.3 is 0 Å². The molecule has 9 rings (SSSR count). The number of benzene rings is 2. The second kappa shape index (κ2) is 14.5. The van der Waals surface area contributed by atoms with E-state index in [9.17, 15) is 30.3 Å². The predicted molar refractivity (Wildman–Crippen MR) is 177 cm³/mol. The minimum atomic E-state index is -1.57. The summed E-state index contributed by atoms with van der Waals surface area (Å²) >= 11 is 0. The Balaban J connectivity index is 1.17. The molecule has 1 unspecified atom stereocenters. The van der Waals surface area contributed by atoms with Crippen LogP contribution in [0, 0.1) is 0 Å². The van der Waals surface area contributed by atoms with Gasteiger partial charge in [0, 0.05) is 42.9 Å². The predicted octanol–water partition coefficient (Wildman–Crippen LogP) is 1.40. The van der Waals surface area contributed by atoms with E-state index in [1.54, 1.807) is 0 Å². The molecule has 0 aromatic heterocycles. The molecule has 2 aromatic carbocycles. The summed E-state index contributed by atoms with van der Waals surface area (Å²) in [5, 5.41) is 58.7. The van der Waals surface area contributed by atoms with E-state index in [1.165, 1.54) is 10.9 Å². The zero-order valence-corrected chi connectivity index (χ0v) is 27.6. The maximum atomic E-state index is 13.4. The lowest BCUT2D eigenvalue weighted by Crippen LogP contribution is -2.65. The normalized spacial score (nSPS) is 35.8. The summed E-state index contributed by atoms with van der Waals surface area (Å²) in [6, 6.07) is 12.5. The fraction of sp³-hybridized carbons (Fsp3) is 0.583. The summed E-state index contributed by atoms with van der Waals surface area (Å²) < 4.78 is 23.7. The van der Waals surface area contributed by atoms with Crippen LogP contribution in [0.25, 0.3) is 10.8 Å². The molecule has 0 spiro atoms. The van der Waals surface area contributed by atoms with Crippen LogP contribution in [0.15, 0.2) is 60.3 Å². The van der Waals surface area contributed by atoms with E-state index in [4.69, 9.17) is 18.9 Å². The van der Waals surface area contributed by atoms with Crippen LogP contribution in [0.3, 0.4) is 0 Å². The van der Waals surface area contributed by atoms with Gasteiger partial charge in [-0.05, 0) is 48.2 Å². The Bertz CT molecular complexity index is 1510. The summed E-state index contributed by atoms with van der Waals surface area (Å²) in [7, 11) is 0. The van der Waals surface area contributed by atoms with Crippen molar-refractivity contribution in [2.75, 3.05) is 31.2 Å². The van der Waals surface area contributed by atoms with Gasteiger partial charge in [-0.3, -0.25) is 4.79 Å². The first kappa shape index (κ1) is 34.9. The van der Waals surface area contributed by atoms with Gasteiger partial charge in [0.15, 0.2) is 6.29 Å². The van der Waals surface area contributed by atoms with Crippen molar-refractivity contribution in [1.29, 1.82) is 0 Å². The van der Waals surface area contributed by atoms with E-state index >= 15 is 0 Å². The van der Waals surface area contributed by atoms with Gasteiger partial charge in [-0.25, -0.2) is 0 Å². The molecule has 7 heterocycles. The van der Waals surface area contributed by atoms with Crippen molar-refractivity contribution < 1.29 is 49.3 Å². The monoisotopic (exact) mass is 668 g/mol. The Hall–Kier alpha value is -2.91. The Morgan fingerprint density at radius 2 is 1.75 bits per heavy atom. The van der Waals surface area contributed by atoms with Crippen LogP contribution in [0.1, 0.15) is 45.6 Å². The van der Waals surface area contributed by atoms with Crippen molar-refractivity contribution in [3.05, 3.63) is 65.9 Å². The number of ether oxygens (including phenoxy) is 4. The average molecular weight is 669 g/mol. The van der Waals surface area contributed by atoms with Gasteiger partial charge in [0.2, 0.25) is 5.91 Å². The molecule has 48 heavy (non-hydrogen) atoms. The molecule has 10 atom stereocenters. The Morgan fingerprint density at radius 1 is 0.979 bits per heavy atom. The Morgan fingerprint density at radius 3 is 2.52 bits per heavy atom. The largest absolute Gasteiger partial charge is 0.394 e. The smallest absolute Gasteiger partial charge is 0.221 e. The van der Waals surface area contributed by atoms with E-state index in [-0.39, 0.29) is 30.9 Å². The van der Waals surface area contributed by atoms with E-state index in [1.807, 2.05) is 31.2 Å².